The number of aromatic nitrogens is 2. The van der Waals surface area contributed by atoms with Crippen molar-refractivity contribution in [2.24, 2.45) is 0 Å². The molecule has 0 bridgehead atoms. The van der Waals surface area contributed by atoms with Crippen LogP contribution in [0.5, 0.6) is 0 Å². The molecule has 3 aromatic rings. The summed E-state index contributed by atoms with van der Waals surface area (Å²) in [5.41, 5.74) is 3.66. The molecule has 1 aliphatic heterocycles. The number of anilines is 3. The largest absolute Gasteiger partial charge is 0.324 e. The Morgan fingerprint density at radius 1 is 0.871 bits per heavy atom. The van der Waals surface area contributed by atoms with E-state index in [1.165, 1.54) is 6.92 Å². The molecule has 4 rings (SSSR count). The summed E-state index contributed by atoms with van der Waals surface area (Å²) in [6, 6.07) is 14.5. The summed E-state index contributed by atoms with van der Waals surface area (Å²) in [6.45, 7) is 5.33. The van der Waals surface area contributed by atoms with E-state index >= 15 is 0 Å². The fourth-order valence-electron chi connectivity index (χ4n) is 3.47. The van der Waals surface area contributed by atoms with Gasteiger partial charge < -0.3 is 10.6 Å². The Morgan fingerprint density at radius 2 is 1.39 bits per heavy atom. The lowest BCUT2D eigenvalue weighted by molar-refractivity contribution is -0.119. The standard InChI is InChI=1S/C23H21N5O3/c1-13-12-14(2)25-23(24-13)27-17-10-8-16(9-11-17)26-20(29)15(3)28-21(30)18-6-4-5-7-19(18)22(28)31/h4-12,15H,1-3H3,(H,26,29)(H,24,25,27). The number of nitrogens with zero attached hydrogens (tertiary/aromatic N) is 3. The van der Waals surface area contributed by atoms with Crippen molar-refractivity contribution in [1.82, 2.24) is 14.9 Å². The maximum atomic E-state index is 12.7. The van der Waals surface area contributed by atoms with Crippen LogP contribution >= 0.6 is 0 Å². The van der Waals surface area contributed by atoms with Gasteiger partial charge in [-0.05, 0) is 63.2 Å². The van der Waals surface area contributed by atoms with E-state index in [9.17, 15) is 14.4 Å². The van der Waals surface area contributed by atoms with E-state index in [2.05, 4.69) is 20.6 Å². The van der Waals surface area contributed by atoms with Gasteiger partial charge in [-0.2, -0.15) is 0 Å². The van der Waals surface area contributed by atoms with Gasteiger partial charge in [0.15, 0.2) is 0 Å². The fraction of sp³-hybridized carbons (Fsp3) is 0.174. The van der Waals surface area contributed by atoms with Crippen molar-refractivity contribution in [3.8, 4) is 0 Å². The molecular formula is C23H21N5O3. The number of aryl methyl sites for hydroxylation is 2. The molecule has 156 valence electrons. The number of carbonyl (C=O) groups is 3. The Hall–Kier alpha value is -4.07. The first-order chi connectivity index (χ1) is 14.8. The van der Waals surface area contributed by atoms with E-state index in [0.29, 0.717) is 22.8 Å². The molecule has 0 saturated carbocycles. The highest BCUT2D eigenvalue weighted by Gasteiger charge is 2.40. The molecule has 1 aromatic heterocycles. The number of imide groups is 1. The average molecular weight is 415 g/mol. The van der Waals surface area contributed by atoms with Crippen LogP contribution in [-0.2, 0) is 4.79 Å². The number of fused-ring (bicyclic) bond motifs is 1. The zero-order valence-electron chi connectivity index (χ0n) is 17.3. The quantitative estimate of drug-likeness (QED) is 0.619. The third kappa shape index (κ3) is 4.00. The molecule has 8 nitrogen and oxygen atoms in total. The Labute approximate surface area is 179 Å². The third-order valence-electron chi connectivity index (χ3n) is 4.98. The molecule has 2 N–H and O–H groups in total. The summed E-state index contributed by atoms with van der Waals surface area (Å²) in [5.74, 6) is -0.881. The van der Waals surface area contributed by atoms with Gasteiger partial charge in [0.1, 0.15) is 6.04 Å². The van der Waals surface area contributed by atoms with Crippen LogP contribution in [0, 0.1) is 13.8 Å². The summed E-state index contributed by atoms with van der Waals surface area (Å²) >= 11 is 0. The maximum Gasteiger partial charge on any atom is 0.262 e. The fourth-order valence-corrected chi connectivity index (χ4v) is 3.47. The van der Waals surface area contributed by atoms with E-state index < -0.39 is 23.8 Å². The van der Waals surface area contributed by atoms with E-state index in [4.69, 9.17) is 0 Å². The van der Waals surface area contributed by atoms with E-state index in [-0.39, 0.29) is 0 Å². The third-order valence-corrected chi connectivity index (χ3v) is 4.98. The lowest BCUT2D eigenvalue weighted by atomic mass is 10.1. The lowest BCUT2D eigenvalue weighted by Crippen LogP contribution is -2.45. The zero-order chi connectivity index (χ0) is 22.1. The van der Waals surface area contributed by atoms with Crippen molar-refractivity contribution in [3.63, 3.8) is 0 Å². The molecule has 3 amide bonds. The average Bonchev–Trinajstić information content (AvgIpc) is 2.99. The normalized spacial score (nSPS) is 13.7. The highest BCUT2D eigenvalue weighted by Crippen LogP contribution is 2.25. The van der Waals surface area contributed by atoms with Crippen LogP contribution in [0.15, 0.2) is 54.6 Å². The first-order valence-electron chi connectivity index (χ1n) is 9.80. The molecular weight excluding hydrogens is 394 g/mol. The smallest absolute Gasteiger partial charge is 0.262 e. The number of hydrogen-bond acceptors (Lipinski definition) is 6. The van der Waals surface area contributed by atoms with Crippen molar-refractivity contribution >= 4 is 35.0 Å². The number of hydrogen-bond donors (Lipinski definition) is 2. The van der Waals surface area contributed by atoms with Gasteiger partial charge in [-0.25, -0.2) is 9.97 Å². The highest BCUT2D eigenvalue weighted by atomic mass is 16.2. The van der Waals surface area contributed by atoms with Gasteiger partial charge in [0.2, 0.25) is 11.9 Å². The van der Waals surface area contributed by atoms with Crippen molar-refractivity contribution < 1.29 is 14.4 Å². The minimum Gasteiger partial charge on any atom is -0.324 e. The van der Waals surface area contributed by atoms with Gasteiger partial charge in [0, 0.05) is 22.8 Å². The predicted molar refractivity (Wildman–Crippen MR) is 116 cm³/mol. The summed E-state index contributed by atoms with van der Waals surface area (Å²) in [6.07, 6.45) is 0. The van der Waals surface area contributed by atoms with E-state index in [1.807, 2.05) is 19.9 Å². The number of nitrogens with one attached hydrogen (secondary N) is 2. The Kier molecular flexibility index (Phi) is 5.21. The Bertz CT molecular complexity index is 1130. The van der Waals surface area contributed by atoms with Gasteiger partial charge in [0.05, 0.1) is 11.1 Å². The molecule has 0 spiro atoms. The van der Waals surface area contributed by atoms with E-state index in [1.54, 1.807) is 48.5 Å². The highest BCUT2D eigenvalue weighted by molar-refractivity contribution is 6.23. The second-order valence-corrected chi connectivity index (χ2v) is 7.37. The molecule has 2 heterocycles. The minimum absolute atomic E-state index is 0.316. The van der Waals surface area contributed by atoms with Crippen LogP contribution < -0.4 is 10.6 Å². The monoisotopic (exact) mass is 415 g/mol. The summed E-state index contributed by atoms with van der Waals surface area (Å²) < 4.78 is 0. The zero-order valence-corrected chi connectivity index (χ0v) is 17.3. The van der Waals surface area contributed by atoms with Gasteiger partial charge in [0.25, 0.3) is 11.8 Å². The SMILES string of the molecule is Cc1cc(C)nc(Nc2ccc(NC(=O)C(C)N3C(=O)c4ccccc4C3=O)cc2)n1. The van der Waals surface area contributed by atoms with Crippen molar-refractivity contribution in [1.29, 1.82) is 0 Å². The van der Waals surface area contributed by atoms with Crippen molar-refractivity contribution in [2.45, 2.75) is 26.8 Å². The van der Waals surface area contributed by atoms with E-state index in [0.717, 1.165) is 22.0 Å². The van der Waals surface area contributed by atoms with Crippen molar-refractivity contribution in [3.05, 3.63) is 77.1 Å². The van der Waals surface area contributed by atoms with Crippen LogP contribution in [0.2, 0.25) is 0 Å². The molecule has 1 atom stereocenters. The van der Waals surface area contributed by atoms with Gasteiger partial charge in [-0.1, -0.05) is 12.1 Å². The van der Waals surface area contributed by atoms with Gasteiger partial charge >= 0.3 is 0 Å². The Balaban J connectivity index is 1.43. The lowest BCUT2D eigenvalue weighted by Gasteiger charge is -2.21. The van der Waals surface area contributed by atoms with Crippen LogP contribution in [0.4, 0.5) is 17.3 Å². The summed E-state index contributed by atoms with van der Waals surface area (Å²) in [4.78, 5) is 47.5. The molecule has 2 aromatic carbocycles. The van der Waals surface area contributed by atoms with Crippen LogP contribution in [0.3, 0.4) is 0 Å². The second-order valence-electron chi connectivity index (χ2n) is 7.37. The molecule has 1 aliphatic rings. The molecule has 0 fully saturated rings. The number of rotatable bonds is 5. The second kappa shape index (κ2) is 7.98. The first-order valence-corrected chi connectivity index (χ1v) is 9.80. The topological polar surface area (TPSA) is 104 Å². The predicted octanol–water partition coefficient (Wildman–Crippen LogP) is 3.46. The summed E-state index contributed by atoms with van der Waals surface area (Å²) in [7, 11) is 0. The Morgan fingerprint density at radius 3 is 1.94 bits per heavy atom. The number of benzene rings is 2. The number of carbonyl (C=O) groups excluding carboxylic acids is 3. The summed E-state index contributed by atoms with van der Waals surface area (Å²) in [5, 5.41) is 5.87. The van der Waals surface area contributed by atoms with Gasteiger partial charge in [-0.3, -0.25) is 19.3 Å². The molecule has 0 radical (unpaired) electrons. The van der Waals surface area contributed by atoms with Crippen LogP contribution in [-0.4, -0.2) is 38.6 Å². The van der Waals surface area contributed by atoms with Crippen LogP contribution in [0.25, 0.3) is 0 Å². The van der Waals surface area contributed by atoms with Gasteiger partial charge in [-0.15, -0.1) is 0 Å². The maximum absolute atomic E-state index is 12.7. The molecule has 0 aliphatic carbocycles. The molecule has 31 heavy (non-hydrogen) atoms. The molecule has 1 unspecified atom stereocenters. The van der Waals surface area contributed by atoms with Crippen molar-refractivity contribution in [2.75, 3.05) is 10.6 Å². The minimum atomic E-state index is -0.950. The van der Waals surface area contributed by atoms with Crippen LogP contribution in [0.1, 0.15) is 39.0 Å². The first kappa shape index (κ1) is 20.2. The molecule has 0 saturated heterocycles. The number of amides is 3. The molecule has 8 heteroatoms.